The number of hydrogen-bond acceptors (Lipinski definition) is 5. The van der Waals surface area contributed by atoms with Crippen LogP contribution >= 0.6 is 27.3 Å². The summed E-state index contributed by atoms with van der Waals surface area (Å²) in [6.07, 6.45) is 0. The highest BCUT2D eigenvalue weighted by Crippen LogP contribution is 2.28. The van der Waals surface area contributed by atoms with Crippen LogP contribution in [0, 0.1) is 11.6 Å². The van der Waals surface area contributed by atoms with Crippen LogP contribution in [-0.4, -0.2) is 56.3 Å². The van der Waals surface area contributed by atoms with Gasteiger partial charge in [0.2, 0.25) is 5.91 Å². The highest BCUT2D eigenvalue weighted by Gasteiger charge is 2.30. The van der Waals surface area contributed by atoms with Gasteiger partial charge in [0, 0.05) is 38.8 Å². The van der Waals surface area contributed by atoms with Gasteiger partial charge in [-0.25, -0.2) is 17.2 Å². The number of carbonyl (C=O) groups excluding carboxylic acids is 1. The second-order valence-corrected chi connectivity index (χ2v) is 10.9. The van der Waals surface area contributed by atoms with E-state index in [9.17, 15) is 22.0 Å². The zero-order valence-electron chi connectivity index (χ0n) is 14.7. The second-order valence-electron chi connectivity index (χ2n) is 6.29. The maximum absolute atomic E-state index is 13.2. The Bertz CT molecular complexity index is 940. The van der Waals surface area contributed by atoms with E-state index < -0.39 is 21.7 Å². The van der Waals surface area contributed by atoms with Gasteiger partial charge in [-0.2, -0.15) is 4.31 Å². The minimum Gasteiger partial charge on any atom is -0.351 e. The van der Waals surface area contributed by atoms with E-state index in [1.807, 2.05) is 4.90 Å². The number of amides is 1. The van der Waals surface area contributed by atoms with Crippen molar-refractivity contribution in [3.63, 3.8) is 0 Å². The number of thiophene rings is 1. The van der Waals surface area contributed by atoms with Gasteiger partial charge >= 0.3 is 0 Å². The molecular formula is C17H18BrF2N3O3S2. The smallest absolute Gasteiger partial charge is 0.252 e. The van der Waals surface area contributed by atoms with E-state index in [0.717, 1.165) is 33.3 Å². The van der Waals surface area contributed by atoms with E-state index in [4.69, 9.17) is 0 Å². The van der Waals surface area contributed by atoms with Crippen molar-refractivity contribution in [3.8, 4) is 0 Å². The number of halogens is 3. The molecule has 6 nitrogen and oxygen atoms in total. The van der Waals surface area contributed by atoms with E-state index in [-0.39, 0.29) is 23.2 Å². The number of nitrogens with one attached hydrogen (secondary N) is 1. The SMILES string of the molecule is O=C(CN1CCN(S(=O)(=O)c2ccc(Br)s2)CC1)NCc1cc(F)cc(F)c1. The molecule has 1 aliphatic rings. The Hall–Kier alpha value is -1.40. The zero-order chi connectivity index (χ0) is 20.3. The monoisotopic (exact) mass is 493 g/mol. The molecule has 1 aromatic heterocycles. The number of hydrogen-bond donors (Lipinski definition) is 1. The molecular weight excluding hydrogens is 476 g/mol. The van der Waals surface area contributed by atoms with Crippen molar-refractivity contribution >= 4 is 43.2 Å². The van der Waals surface area contributed by atoms with Crippen LogP contribution < -0.4 is 5.32 Å². The first-order valence-corrected chi connectivity index (χ1v) is 11.5. The minimum atomic E-state index is -3.52. The Labute approximate surface area is 174 Å². The molecule has 1 aromatic carbocycles. The van der Waals surface area contributed by atoms with E-state index in [1.165, 1.54) is 4.31 Å². The number of sulfonamides is 1. The Morgan fingerprint density at radius 3 is 2.32 bits per heavy atom. The third kappa shape index (κ3) is 5.35. The van der Waals surface area contributed by atoms with Crippen molar-refractivity contribution in [2.75, 3.05) is 32.7 Å². The lowest BCUT2D eigenvalue weighted by Crippen LogP contribution is -2.50. The third-order valence-corrected chi connectivity index (χ3v) is 8.24. The van der Waals surface area contributed by atoms with Gasteiger partial charge < -0.3 is 5.32 Å². The first kappa shape index (κ1) is 21.3. The van der Waals surface area contributed by atoms with Gasteiger partial charge in [-0.3, -0.25) is 9.69 Å². The number of benzene rings is 1. The standard InChI is InChI=1S/C17H18BrF2N3O3S2/c18-15-1-2-17(27-15)28(25,26)23-5-3-22(4-6-23)11-16(24)21-10-12-7-13(19)9-14(20)8-12/h1-2,7-9H,3-6,10-11H2,(H,21,24). The van der Waals surface area contributed by atoms with Gasteiger partial charge in [-0.1, -0.05) is 0 Å². The summed E-state index contributed by atoms with van der Waals surface area (Å²) in [4.78, 5) is 13.9. The third-order valence-electron chi connectivity index (χ3n) is 4.25. The van der Waals surface area contributed by atoms with Gasteiger partial charge in [0.05, 0.1) is 10.3 Å². The van der Waals surface area contributed by atoms with E-state index in [2.05, 4.69) is 21.2 Å². The van der Waals surface area contributed by atoms with Crippen molar-refractivity contribution in [2.24, 2.45) is 0 Å². The van der Waals surface area contributed by atoms with Crippen LogP contribution in [0.2, 0.25) is 0 Å². The van der Waals surface area contributed by atoms with Crippen LogP contribution in [0.5, 0.6) is 0 Å². The molecule has 0 spiro atoms. The Balaban J connectivity index is 1.48. The molecule has 0 aliphatic carbocycles. The number of carbonyl (C=O) groups is 1. The largest absolute Gasteiger partial charge is 0.351 e. The molecule has 1 amide bonds. The summed E-state index contributed by atoms with van der Waals surface area (Å²) < 4.78 is 54.0. The first-order valence-electron chi connectivity index (χ1n) is 8.43. The molecule has 0 radical (unpaired) electrons. The quantitative estimate of drug-likeness (QED) is 0.670. The summed E-state index contributed by atoms with van der Waals surface area (Å²) in [5.41, 5.74) is 0.337. The van der Waals surface area contributed by atoms with Crippen LogP contribution in [0.15, 0.2) is 38.3 Å². The molecule has 0 bridgehead atoms. The van der Waals surface area contributed by atoms with Crippen LogP contribution in [0.3, 0.4) is 0 Å². The molecule has 11 heteroatoms. The van der Waals surface area contributed by atoms with Crippen LogP contribution in [0.4, 0.5) is 8.78 Å². The average molecular weight is 494 g/mol. The Morgan fingerprint density at radius 1 is 1.11 bits per heavy atom. The minimum absolute atomic E-state index is 0.0229. The maximum atomic E-state index is 13.2. The van der Waals surface area contributed by atoms with Gasteiger partial charge in [0.25, 0.3) is 10.0 Å². The lowest BCUT2D eigenvalue weighted by atomic mass is 10.2. The van der Waals surface area contributed by atoms with Crippen molar-refractivity contribution in [1.29, 1.82) is 0 Å². The van der Waals surface area contributed by atoms with Crippen LogP contribution in [0.25, 0.3) is 0 Å². The summed E-state index contributed by atoms with van der Waals surface area (Å²) >= 11 is 4.43. The van der Waals surface area contributed by atoms with Crippen molar-refractivity contribution in [1.82, 2.24) is 14.5 Å². The van der Waals surface area contributed by atoms with Gasteiger partial charge in [-0.15, -0.1) is 11.3 Å². The lowest BCUT2D eigenvalue weighted by Gasteiger charge is -2.33. The molecule has 0 saturated carbocycles. The highest BCUT2D eigenvalue weighted by atomic mass is 79.9. The second kappa shape index (κ2) is 8.95. The molecule has 3 rings (SSSR count). The number of nitrogens with zero attached hydrogens (tertiary/aromatic N) is 2. The average Bonchev–Trinajstić information content (AvgIpc) is 3.07. The summed E-state index contributed by atoms with van der Waals surface area (Å²) in [5.74, 6) is -1.68. The molecule has 1 N–H and O–H groups in total. The number of piperazine rings is 1. The van der Waals surface area contributed by atoms with Crippen molar-refractivity contribution in [2.45, 2.75) is 10.8 Å². The molecule has 0 unspecified atom stereocenters. The van der Waals surface area contributed by atoms with Crippen LogP contribution in [0.1, 0.15) is 5.56 Å². The molecule has 152 valence electrons. The lowest BCUT2D eigenvalue weighted by molar-refractivity contribution is -0.122. The van der Waals surface area contributed by atoms with Crippen molar-refractivity contribution in [3.05, 3.63) is 51.3 Å². The fourth-order valence-electron chi connectivity index (χ4n) is 2.86. The summed E-state index contributed by atoms with van der Waals surface area (Å²) in [6, 6.07) is 6.36. The van der Waals surface area contributed by atoms with Crippen LogP contribution in [-0.2, 0) is 21.4 Å². The van der Waals surface area contributed by atoms with Gasteiger partial charge in [0.1, 0.15) is 15.8 Å². The fraction of sp³-hybridized carbons (Fsp3) is 0.353. The van der Waals surface area contributed by atoms with Gasteiger partial charge in [-0.05, 0) is 45.8 Å². The van der Waals surface area contributed by atoms with E-state index in [1.54, 1.807) is 12.1 Å². The predicted molar refractivity (Wildman–Crippen MR) is 105 cm³/mol. The molecule has 0 atom stereocenters. The first-order chi connectivity index (χ1) is 13.2. The predicted octanol–water partition coefficient (Wildman–Crippen LogP) is 2.41. The Morgan fingerprint density at radius 2 is 1.75 bits per heavy atom. The summed E-state index contributed by atoms with van der Waals surface area (Å²) in [5, 5.41) is 2.62. The topological polar surface area (TPSA) is 69.7 Å². The summed E-state index contributed by atoms with van der Waals surface area (Å²) in [6.45, 7) is 1.55. The molecule has 1 aliphatic heterocycles. The molecule has 28 heavy (non-hydrogen) atoms. The summed E-state index contributed by atoms with van der Waals surface area (Å²) in [7, 11) is -3.52. The number of rotatable bonds is 6. The highest BCUT2D eigenvalue weighted by molar-refractivity contribution is 9.11. The maximum Gasteiger partial charge on any atom is 0.252 e. The molecule has 2 aromatic rings. The molecule has 2 heterocycles. The fourth-order valence-corrected chi connectivity index (χ4v) is 6.45. The molecule has 1 saturated heterocycles. The van der Waals surface area contributed by atoms with E-state index >= 15 is 0 Å². The van der Waals surface area contributed by atoms with Crippen molar-refractivity contribution < 1.29 is 22.0 Å². The normalized spacial score (nSPS) is 16.2. The van der Waals surface area contributed by atoms with E-state index in [0.29, 0.717) is 31.7 Å². The van der Waals surface area contributed by atoms with Gasteiger partial charge in [0.15, 0.2) is 0 Å². The zero-order valence-corrected chi connectivity index (χ0v) is 17.9. The molecule has 1 fully saturated rings. The Kier molecular flexibility index (Phi) is 6.81.